The Kier molecular flexibility index (Phi) is 13.3. The first-order chi connectivity index (χ1) is 15.5. The van der Waals surface area contributed by atoms with E-state index in [-0.39, 0.29) is 18.3 Å². The molecule has 2 rings (SSSR count). The number of hydrogen-bond donors (Lipinski definition) is 1. The van der Waals surface area contributed by atoms with Crippen LogP contribution in [-0.4, -0.2) is 48.1 Å². The maximum Gasteiger partial charge on any atom is 0.308 e. The predicted octanol–water partition coefficient (Wildman–Crippen LogP) is 6.05. The predicted molar refractivity (Wildman–Crippen MR) is 125 cm³/mol. The minimum atomic E-state index is -0.703. The molecule has 2 saturated heterocycles. The van der Waals surface area contributed by atoms with Gasteiger partial charge in [-0.1, -0.05) is 58.8 Å². The van der Waals surface area contributed by atoms with E-state index in [4.69, 9.17) is 19.3 Å². The van der Waals surface area contributed by atoms with Gasteiger partial charge in [0.05, 0.1) is 36.9 Å². The Morgan fingerprint density at radius 2 is 1.31 bits per heavy atom. The Labute approximate surface area is 194 Å². The molecule has 32 heavy (non-hydrogen) atoms. The Morgan fingerprint density at radius 3 is 1.91 bits per heavy atom. The fraction of sp³-hybridized carbons (Fsp3) is 0.923. The molecule has 0 amide bonds. The van der Waals surface area contributed by atoms with Crippen LogP contribution in [0.25, 0.3) is 0 Å². The van der Waals surface area contributed by atoms with E-state index in [2.05, 4.69) is 13.8 Å². The molecule has 0 saturated carbocycles. The maximum absolute atomic E-state index is 12.3. The number of rotatable bonds is 21. The van der Waals surface area contributed by atoms with E-state index >= 15 is 0 Å². The number of carbonyl (C=O) groups excluding carboxylic acids is 1. The molecule has 0 aromatic heterocycles. The first-order valence-electron chi connectivity index (χ1n) is 13.2. The molecule has 5 atom stereocenters. The van der Waals surface area contributed by atoms with Gasteiger partial charge in [0.1, 0.15) is 0 Å². The molecule has 0 spiro atoms. The molecule has 5 unspecified atom stereocenters. The summed E-state index contributed by atoms with van der Waals surface area (Å²) in [5.74, 6) is -0.630. The number of carbonyl (C=O) groups is 2. The highest BCUT2D eigenvalue weighted by Gasteiger charge is 2.42. The second-order valence-corrected chi connectivity index (χ2v) is 9.64. The van der Waals surface area contributed by atoms with E-state index in [1.165, 1.54) is 0 Å². The summed E-state index contributed by atoms with van der Waals surface area (Å²) in [6, 6.07) is 0. The zero-order valence-corrected chi connectivity index (χ0v) is 20.4. The summed E-state index contributed by atoms with van der Waals surface area (Å²) in [5.41, 5.74) is 0. The Hall–Kier alpha value is -1.14. The number of hydrogen-bond acceptors (Lipinski definition) is 5. The van der Waals surface area contributed by atoms with Gasteiger partial charge in [-0.3, -0.25) is 9.59 Å². The Morgan fingerprint density at radius 1 is 0.750 bits per heavy atom. The van der Waals surface area contributed by atoms with E-state index in [0.29, 0.717) is 31.0 Å². The zero-order valence-electron chi connectivity index (χ0n) is 20.4. The topological polar surface area (TPSA) is 88.7 Å². The lowest BCUT2D eigenvalue weighted by atomic mass is 9.95. The highest BCUT2D eigenvalue weighted by molar-refractivity contribution is 5.72. The second kappa shape index (κ2) is 15.7. The molecular weight excluding hydrogens is 408 g/mol. The standard InChI is InChI=1S/C26H46O6/c1-3-5-12-20(26(29)30-19-6-4-2)13-10-11-15-22-24(32-22)18-17-23-21(31-23)14-8-7-9-16-25(27)28/h20-24H,3-19H2,1-2H3,(H,27,28). The minimum absolute atomic E-state index is 0.00771. The number of esters is 1. The van der Waals surface area contributed by atoms with Crippen LogP contribution < -0.4 is 0 Å². The third-order valence-corrected chi connectivity index (χ3v) is 6.76. The van der Waals surface area contributed by atoms with Crippen LogP contribution in [0, 0.1) is 5.92 Å². The summed E-state index contributed by atoms with van der Waals surface area (Å²) >= 11 is 0. The number of epoxide rings is 2. The molecule has 2 aliphatic heterocycles. The van der Waals surface area contributed by atoms with Crippen molar-refractivity contribution >= 4 is 11.9 Å². The number of carboxylic acids is 1. The van der Waals surface area contributed by atoms with E-state index in [1.54, 1.807) is 0 Å². The van der Waals surface area contributed by atoms with Crippen LogP contribution in [0.15, 0.2) is 0 Å². The Balaban J connectivity index is 1.46. The smallest absolute Gasteiger partial charge is 0.308 e. The largest absolute Gasteiger partial charge is 0.481 e. The highest BCUT2D eigenvalue weighted by Crippen LogP contribution is 2.37. The van der Waals surface area contributed by atoms with Crippen molar-refractivity contribution in [3.63, 3.8) is 0 Å². The molecule has 0 radical (unpaired) electrons. The molecule has 2 aliphatic rings. The van der Waals surface area contributed by atoms with Crippen molar-refractivity contribution in [3.8, 4) is 0 Å². The second-order valence-electron chi connectivity index (χ2n) is 9.64. The van der Waals surface area contributed by atoms with E-state index < -0.39 is 5.97 Å². The van der Waals surface area contributed by atoms with Gasteiger partial charge >= 0.3 is 11.9 Å². The first-order valence-corrected chi connectivity index (χ1v) is 13.2. The van der Waals surface area contributed by atoms with Gasteiger partial charge in [-0.25, -0.2) is 0 Å². The normalized spacial score (nSPS) is 24.8. The van der Waals surface area contributed by atoms with Gasteiger partial charge in [0.15, 0.2) is 0 Å². The average Bonchev–Trinajstić information content (AvgIpc) is 3.68. The SMILES string of the molecule is CCCCOC(=O)C(CCCC)CCCCC1OC1CCC1OC1CCCCCC(=O)O. The lowest BCUT2D eigenvalue weighted by Gasteiger charge is -2.15. The molecule has 2 heterocycles. The summed E-state index contributed by atoms with van der Waals surface area (Å²) in [7, 11) is 0. The number of aliphatic carboxylic acids is 1. The number of ether oxygens (including phenoxy) is 3. The summed E-state index contributed by atoms with van der Waals surface area (Å²) in [4.78, 5) is 22.8. The van der Waals surface area contributed by atoms with Crippen LogP contribution in [-0.2, 0) is 23.8 Å². The maximum atomic E-state index is 12.3. The summed E-state index contributed by atoms with van der Waals surface area (Å²) in [6.45, 7) is 4.84. The highest BCUT2D eigenvalue weighted by atomic mass is 16.6. The molecule has 0 aromatic carbocycles. The van der Waals surface area contributed by atoms with E-state index in [9.17, 15) is 9.59 Å². The van der Waals surface area contributed by atoms with Crippen molar-refractivity contribution in [1.82, 2.24) is 0 Å². The molecule has 6 heteroatoms. The van der Waals surface area contributed by atoms with Crippen molar-refractivity contribution in [2.75, 3.05) is 6.61 Å². The van der Waals surface area contributed by atoms with E-state index in [0.717, 1.165) is 96.3 Å². The quantitative estimate of drug-likeness (QED) is 0.129. The molecule has 186 valence electrons. The first kappa shape index (κ1) is 27.1. The average molecular weight is 455 g/mol. The van der Waals surface area contributed by atoms with Crippen LogP contribution in [0.1, 0.15) is 117 Å². The summed E-state index contributed by atoms with van der Waals surface area (Å²) in [5, 5.41) is 8.65. The van der Waals surface area contributed by atoms with Crippen molar-refractivity contribution in [2.45, 2.75) is 141 Å². The van der Waals surface area contributed by atoms with Crippen molar-refractivity contribution in [3.05, 3.63) is 0 Å². The van der Waals surface area contributed by atoms with E-state index in [1.807, 2.05) is 0 Å². The lowest BCUT2D eigenvalue weighted by Crippen LogP contribution is -2.18. The van der Waals surface area contributed by atoms with Gasteiger partial charge < -0.3 is 19.3 Å². The van der Waals surface area contributed by atoms with Gasteiger partial charge in [-0.05, 0) is 51.4 Å². The Bertz CT molecular complexity index is 536. The fourth-order valence-electron chi connectivity index (χ4n) is 4.50. The van der Waals surface area contributed by atoms with Gasteiger partial charge in [0.25, 0.3) is 0 Å². The number of unbranched alkanes of at least 4 members (excludes halogenated alkanes) is 5. The van der Waals surface area contributed by atoms with Gasteiger partial charge in [0, 0.05) is 6.42 Å². The van der Waals surface area contributed by atoms with Crippen LogP contribution >= 0.6 is 0 Å². The lowest BCUT2D eigenvalue weighted by molar-refractivity contribution is -0.149. The summed E-state index contributed by atoms with van der Waals surface area (Å²) in [6.07, 6.45) is 17.2. The number of carboxylic acid groups (broad SMARTS) is 1. The van der Waals surface area contributed by atoms with Crippen LogP contribution in [0.3, 0.4) is 0 Å². The molecule has 2 fully saturated rings. The van der Waals surface area contributed by atoms with Gasteiger partial charge in [-0.2, -0.15) is 0 Å². The van der Waals surface area contributed by atoms with Crippen molar-refractivity contribution < 1.29 is 28.9 Å². The fourth-order valence-corrected chi connectivity index (χ4v) is 4.50. The summed E-state index contributed by atoms with van der Waals surface area (Å²) < 4.78 is 17.1. The zero-order chi connectivity index (χ0) is 23.2. The third kappa shape index (κ3) is 11.6. The monoisotopic (exact) mass is 454 g/mol. The van der Waals surface area contributed by atoms with Crippen LogP contribution in [0.5, 0.6) is 0 Å². The molecule has 0 bridgehead atoms. The van der Waals surface area contributed by atoms with Crippen molar-refractivity contribution in [2.24, 2.45) is 5.92 Å². The molecule has 6 nitrogen and oxygen atoms in total. The van der Waals surface area contributed by atoms with Gasteiger partial charge in [-0.15, -0.1) is 0 Å². The molecular formula is C26H46O6. The van der Waals surface area contributed by atoms with Crippen LogP contribution in [0.4, 0.5) is 0 Å². The molecule has 1 N–H and O–H groups in total. The van der Waals surface area contributed by atoms with Crippen LogP contribution in [0.2, 0.25) is 0 Å². The third-order valence-electron chi connectivity index (χ3n) is 6.76. The van der Waals surface area contributed by atoms with Crippen molar-refractivity contribution in [1.29, 1.82) is 0 Å². The van der Waals surface area contributed by atoms with Gasteiger partial charge in [0.2, 0.25) is 0 Å². The molecule has 0 aliphatic carbocycles. The molecule has 0 aromatic rings. The minimum Gasteiger partial charge on any atom is -0.481 e.